The summed E-state index contributed by atoms with van der Waals surface area (Å²) in [7, 11) is 3.35. The van der Waals surface area contributed by atoms with E-state index < -0.39 is 0 Å². The van der Waals surface area contributed by atoms with Gasteiger partial charge in [0.2, 0.25) is 5.91 Å². The predicted molar refractivity (Wildman–Crippen MR) is 129 cm³/mol. The Bertz CT molecular complexity index is 978. The van der Waals surface area contributed by atoms with Gasteiger partial charge < -0.3 is 30.3 Å². The Morgan fingerprint density at radius 3 is 2.41 bits per heavy atom. The number of carbonyl (C=O) groups is 1. The first-order valence-electron chi connectivity index (χ1n) is 11.1. The molecule has 5 rings (SSSR count). The number of hydrogen-bond acceptors (Lipinski definition) is 7. The van der Waals surface area contributed by atoms with E-state index in [4.69, 9.17) is 15.2 Å². The van der Waals surface area contributed by atoms with Crippen LogP contribution in [0.4, 0.5) is 11.4 Å². The van der Waals surface area contributed by atoms with E-state index in [-0.39, 0.29) is 28.5 Å². The summed E-state index contributed by atoms with van der Waals surface area (Å²) in [5, 5.41) is 3.56. The number of hydrogen-bond donors (Lipinski definition) is 2. The number of benzene rings is 2. The molecule has 2 aromatic carbocycles. The number of fused-ring (bicyclic) bond motifs is 2. The summed E-state index contributed by atoms with van der Waals surface area (Å²) in [6.07, 6.45) is 0.868. The molecular formula is C24H30N4O3S. The van der Waals surface area contributed by atoms with E-state index in [9.17, 15) is 4.79 Å². The number of thioether (sulfide) groups is 1. The minimum Gasteiger partial charge on any atom is -0.497 e. The van der Waals surface area contributed by atoms with Crippen LogP contribution in [0.3, 0.4) is 0 Å². The van der Waals surface area contributed by atoms with Gasteiger partial charge in [0.25, 0.3) is 0 Å². The maximum atomic E-state index is 13.4. The van der Waals surface area contributed by atoms with Crippen LogP contribution in [-0.4, -0.2) is 67.9 Å². The second-order valence-electron chi connectivity index (χ2n) is 8.60. The fourth-order valence-electron chi connectivity index (χ4n) is 4.95. The number of rotatable bonds is 4. The lowest BCUT2D eigenvalue weighted by Gasteiger charge is -2.37. The number of amides is 1. The highest BCUT2D eigenvalue weighted by Crippen LogP contribution is 2.45. The number of nitrogens with one attached hydrogen (secondary N) is 1. The van der Waals surface area contributed by atoms with Crippen molar-refractivity contribution < 1.29 is 14.3 Å². The summed E-state index contributed by atoms with van der Waals surface area (Å²) < 4.78 is 10.6. The van der Waals surface area contributed by atoms with Gasteiger partial charge in [-0.15, -0.1) is 11.8 Å². The highest BCUT2D eigenvalue weighted by atomic mass is 32.2. The molecule has 32 heavy (non-hydrogen) atoms. The van der Waals surface area contributed by atoms with E-state index in [2.05, 4.69) is 34.5 Å². The lowest BCUT2D eigenvalue weighted by Crippen LogP contribution is -2.54. The summed E-state index contributed by atoms with van der Waals surface area (Å²) in [6, 6.07) is 14.0. The second kappa shape index (κ2) is 8.75. The first-order valence-corrected chi connectivity index (χ1v) is 12.0. The normalized spacial score (nSPS) is 26.7. The van der Waals surface area contributed by atoms with Gasteiger partial charge in [-0.3, -0.25) is 4.79 Å². The topological polar surface area (TPSA) is 80.1 Å². The zero-order valence-electron chi connectivity index (χ0n) is 18.5. The molecule has 1 amide bonds. The van der Waals surface area contributed by atoms with E-state index in [1.165, 1.54) is 5.56 Å². The quantitative estimate of drug-likeness (QED) is 0.734. The maximum absolute atomic E-state index is 13.4. The van der Waals surface area contributed by atoms with Gasteiger partial charge >= 0.3 is 0 Å². The van der Waals surface area contributed by atoms with Crippen LogP contribution in [-0.2, 0) is 11.2 Å². The van der Waals surface area contributed by atoms with Gasteiger partial charge in [0.15, 0.2) is 0 Å². The van der Waals surface area contributed by atoms with E-state index >= 15 is 0 Å². The monoisotopic (exact) mass is 454 g/mol. The molecule has 4 unspecified atom stereocenters. The largest absolute Gasteiger partial charge is 0.497 e. The third-order valence-corrected chi connectivity index (χ3v) is 8.43. The fraction of sp³-hybridized carbons (Fsp3) is 0.458. The zero-order valence-corrected chi connectivity index (χ0v) is 19.3. The molecule has 8 heteroatoms. The van der Waals surface area contributed by atoms with Gasteiger partial charge in [0.1, 0.15) is 16.7 Å². The SMILES string of the molecule is COc1ccc(N2CCN(C(=O)C3SC4Nc5ccc(OC)cc5CC4C3N)CC2)cc1. The third kappa shape index (κ3) is 3.86. The average molecular weight is 455 g/mol. The van der Waals surface area contributed by atoms with Crippen molar-refractivity contribution in [1.82, 2.24) is 4.90 Å². The molecule has 0 saturated carbocycles. The van der Waals surface area contributed by atoms with E-state index in [1.807, 2.05) is 23.1 Å². The summed E-state index contributed by atoms with van der Waals surface area (Å²) in [4.78, 5) is 17.7. The molecule has 0 bridgehead atoms. The van der Waals surface area contributed by atoms with Crippen molar-refractivity contribution in [2.45, 2.75) is 23.1 Å². The van der Waals surface area contributed by atoms with E-state index in [0.29, 0.717) is 0 Å². The molecule has 3 heterocycles. The Balaban J connectivity index is 1.21. The van der Waals surface area contributed by atoms with Crippen LogP contribution in [0.2, 0.25) is 0 Å². The van der Waals surface area contributed by atoms with Crippen LogP contribution in [0.25, 0.3) is 0 Å². The molecule has 0 aliphatic carbocycles. The fourth-order valence-corrected chi connectivity index (χ4v) is 6.59. The molecule has 7 nitrogen and oxygen atoms in total. The lowest BCUT2D eigenvalue weighted by atomic mass is 9.87. The average Bonchev–Trinajstić information content (AvgIpc) is 3.17. The highest BCUT2D eigenvalue weighted by Gasteiger charge is 2.48. The zero-order chi connectivity index (χ0) is 22.2. The number of carbonyl (C=O) groups excluding carboxylic acids is 1. The van der Waals surface area contributed by atoms with Crippen molar-refractivity contribution in [3.8, 4) is 11.5 Å². The molecule has 2 aromatic rings. The summed E-state index contributed by atoms with van der Waals surface area (Å²) >= 11 is 1.69. The standard InChI is InChI=1S/C24H30N4O3S/c1-30-17-5-3-16(4-6-17)27-9-11-28(12-10-27)24(29)22-21(25)19-14-15-13-18(31-2)7-8-20(15)26-23(19)32-22/h3-8,13,19,21-23,26H,9-12,14,25H2,1-2H3. The Labute approximate surface area is 193 Å². The Kier molecular flexibility index (Phi) is 5.82. The van der Waals surface area contributed by atoms with Crippen LogP contribution in [0.5, 0.6) is 11.5 Å². The molecule has 3 aliphatic heterocycles. The molecule has 3 N–H and O–H groups in total. The van der Waals surface area contributed by atoms with Crippen molar-refractivity contribution in [2.24, 2.45) is 11.7 Å². The van der Waals surface area contributed by atoms with Gasteiger partial charge in [0, 0.05) is 49.5 Å². The molecule has 4 atom stereocenters. The molecular weight excluding hydrogens is 424 g/mol. The Morgan fingerprint density at radius 1 is 1.03 bits per heavy atom. The maximum Gasteiger partial charge on any atom is 0.237 e. The van der Waals surface area contributed by atoms with Crippen molar-refractivity contribution >= 4 is 29.0 Å². The minimum absolute atomic E-state index is 0.163. The number of nitrogens with two attached hydrogens (primary N) is 1. The van der Waals surface area contributed by atoms with E-state index in [1.54, 1.807) is 26.0 Å². The lowest BCUT2D eigenvalue weighted by molar-refractivity contribution is -0.131. The number of nitrogens with zero attached hydrogens (tertiary/aromatic N) is 2. The van der Waals surface area contributed by atoms with Gasteiger partial charge in [0.05, 0.1) is 19.6 Å². The van der Waals surface area contributed by atoms with Gasteiger partial charge in [-0.05, 0) is 54.4 Å². The molecule has 0 radical (unpaired) electrons. The van der Waals surface area contributed by atoms with Crippen LogP contribution in [0.15, 0.2) is 42.5 Å². The molecule has 2 fully saturated rings. The Hall–Kier alpha value is -2.58. The van der Waals surface area contributed by atoms with Gasteiger partial charge in [-0.1, -0.05) is 0 Å². The van der Waals surface area contributed by atoms with Crippen molar-refractivity contribution in [1.29, 1.82) is 0 Å². The Morgan fingerprint density at radius 2 is 1.72 bits per heavy atom. The summed E-state index contributed by atoms with van der Waals surface area (Å²) in [5.74, 6) is 2.11. The highest BCUT2D eigenvalue weighted by molar-refractivity contribution is 8.01. The molecule has 0 aromatic heterocycles. The second-order valence-corrected chi connectivity index (χ2v) is 9.89. The van der Waals surface area contributed by atoms with Crippen LogP contribution in [0.1, 0.15) is 5.56 Å². The van der Waals surface area contributed by atoms with Gasteiger partial charge in [-0.2, -0.15) is 0 Å². The molecule has 3 aliphatic rings. The van der Waals surface area contributed by atoms with Crippen LogP contribution >= 0.6 is 11.8 Å². The molecule has 2 saturated heterocycles. The van der Waals surface area contributed by atoms with Crippen LogP contribution in [0, 0.1) is 5.92 Å². The molecule has 0 spiro atoms. The number of ether oxygens (including phenoxy) is 2. The van der Waals surface area contributed by atoms with Crippen molar-refractivity contribution in [2.75, 3.05) is 50.6 Å². The number of anilines is 2. The summed E-state index contributed by atoms with van der Waals surface area (Å²) in [6.45, 7) is 3.08. The third-order valence-electron chi connectivity index (χ3n) is 6.86. The molecule has 170 valence electrons. The predicted octanol–water partition coefficient (Wildman–Crippen LogP) is 2.41. The smallest absolute Gasteiger partial charge is 0.237 e. The van der Waals surface area contributed by atoms with Gasteiger partial charge in [-0.25, -0.2) is 0 Å². The van der Waals surface area contributed by atoms with E-state index in [0.717, 1.165) is 55.5 Å². The van der Waals surface area contributed by atoms with Crippen LogP contribution < -0.4 is 25.4 Å². The first kappa shape index (κ1) is 21.3. The number of piperazine rings is 1. The van der Waals surface area contributed by atoms with Crippen molar-refractivity contribution in [3.05, 3.63) is 48.0 Å². The summed E-state index contributed by atoms with van der Waals surface area (Å²) in [5.41, 5.74) is 10.1. The number of methoxy groups -OCH3 is 2. The minimum atomic E-state index is -0.207. The van der Waals surface area contributed by atoms with Crippen molar-refractivity contribution in [3.63, 3.8) is 0 Å². The first-order chi connectivity index (χ1) is 15.6.